The number of carbonyl (C=O) groups is 1. The number of aromatic hydroxyl groups is 2. The summed E-state index contributed by atoms with van der Waals surface area (Å²) in [6.07, 6.45) is 1.94. The molecule has 0 bridgehead atoms. The van der Waals surface area contributed by atoms with E-state index in [1.165, 1.54) is 19.2 Å². The molecule has 2 N–H and O–H groups in total. The van der Waals surface area contributed by atoms with Crippen molar-refractivity contribution in [1.29, 1.82) is 0 Å². The Morgan fingerprint density at radius 2 is 1.96 bits per heavy atom. The van der Waals surface area contributed by atoms with Crippen molar-refractivity contribution < 1.29 is 24.2 Å². The molecule has 0 aliphatic heterocycles. The van der Waals surface area contributed by atoms with Crippen LogP contribution in [0.25, 0.3) is 11.0 Å². The standard InChI is InChI=1S/C17H20O6/c1-9(2)5-4-6-10-14(18)13-12(23-17(10)21)8-7-11(15(13)19)16(20)22-3/h7-9,18-19H,4-6H2,1-3H3. The molecular formula is C17H20O6. The molecule has 6 nitrogen and oxygen atoms in total. The van der Waals surface area contributed by atoms with Crippen LogP contribution in [0.2, 0.25) is 0 Å². The van der Waals surface area contributed by atoms with Crippen LogP contribution in [-0.2, 0) is 11.2 Å². The minimum atomic E-state index is -0.739. The van der Waals surface area contributed by atoms with Gasteiger partial charge in [0.15, 0.2) is 0 Å². The van der Waals surface area contributed by atoms with Gasteiger partial charge in [-0.1, -0.05) is 20.3 Å². The van der Waals surface area contributed by atoms with Gasteiger partial charge < -0.3 is 19.4 Å². The Morgan fingerprint density at radius 1 is 1.26 bits per heavy atom. The van der Waals surface area contributed by atoms with Gasteiger partial charge in [-0.05, 0) is 30.9 Å². The maximum Gasteiger partial charge on any atom is 0.343 e. The maximum atomic E-state index is 12.0. The third-order valence-electron chi connectivity index (χ3n) is 3.72. The Balaban J connectivity index is 2.56. The monoisotopic (exact) mass is 320 g/mol. The summed E-state index contributed by atoms with van der Waals surface area (Å²) in [4.78, 5) is 23.6. The first-order valence-corrected chi connectivity index (χ1v) is 7.45. The molecule has 0 spiro atoms. The molecule has 124 valence electrons. The van der Waals surface area contributed by atoms with Crippen molar-refractivity contribution in [1.82, 2.24) is 0 Å². The van der Waals surface area contributed by atoms with Crippen LogP contribution >= 0.6 is 0 Å². The predicted octanol–water partition coefficient (Wildman–Crippen LogP) is 2.97. The number of hydrogen-bond acceptors (Lipinski definition) is 6. The second-order valence-electron chi connectivity index (χ2n) is 5.83. The number of phenolic OH excluding ortho intramolecular Hbond substituents is 1. The van der Waals surface area contributed by atoms with Crippen LogP contribution in [0.1, 0.15) is 42.6 Å². The highest BCUT2D eigenvalue weighted by Crippen LogP contribution is 2.37. The average molecular weight is 320 g/mol. The lowest BCUT2D eigenvalue weighted by atomic mass is 10.0. The summed E-state index contributed by atoms with van der Waals surface area (Å²) in [7, 11) is 1.19. The molecule has 1 heterocycles. The average Bonchev–Trinajstić information content (AvgIpc) is 2.49. The fourth-order valence-corrected chi connectivity index (χ4v) is 2.48. The van der Waals surface area contributed by atoms with Crippen LogP contribution in [0.15, 0.2) is 21.3 Å². The fourth-order valence-electron chi connectivity index (χ4n) is 2.48. The topological polar surface area (TPSA) is 97.0 Å². The summed E-state index contributed by atoms with van der Waals surface area (Å²) in [5, 5.41) is 20.6. The first kappa shape index (κ1) is 16.9. The van der Waals surface area contributed by atoms with Gasteiger partial charge >= 0.3 is 11.6 Å². The summed E-state index contributed by atoms with van der Waals surface area (Å²) in [5.41, 5.74) is -0.609. The summed E-state index contributed by atoms with van der Waals surface area (Å²) >= 11 is 0. The van der Waals surface area contributed by atoms with Crippen molar-refractivity contribution in [2.45, 2.75) is 33.1 Å². The first-order valence-electron chi connectivity index (χ1n) is 7.45. The minimum Gasteiger partial charge on any atom is -0.506 e. The van der Waals surface area contributed by atoms with E-state index < -0.39 is 17.3 Å². The van der Waals surface area contributed by atoms with E-state index >= 15 is 0 Å². The lowest BCUT2D eigenvalue weighted by Gasteiger charge is -2.10. The number of rotatable bonds is 5. The van der Waals surface area contributed by atoms with Crippen molar-refractivity contribution in [2.24, 2.45) is 5.92 Å². The van der Waals surface area contributed by atoms with Gasteiger partial charge in [0.1, 0.15) is 28.0 Å². The molecule has 0 saturated carbocycles. The number of benzene rings is 1. The van der Waals surface area contributed by atoms with Crippen LogP contribution in [0, 0.1) is 5.92 Å². The fraction of sp³-hybridized carbons (Fsp3) is 0.412. The molecule has 1 aromatic carbocycles. The molecule has 0 atom stereocenters. The predicted molar refractivity (Wildman–Crippen MR) is 84.9 cm³/mol. The van der Waals surface area contributed by atoms with Gasteiger partial charge in [0, 0.05) is 0 Å². The Morgan fingerprint density at radius 3 is 2.57 bits per heavy atom. The van der Waals surface area contributed by atoms with E-state index in [0.717, 1.165) is 6.42 Å². The third kappa shape index (κ3) is 3.31. The number of esters is 1. The largest absolute Gasteiger partial charge is 0.506 e. The molecule has 23 heavy (non-hydrogen) atoms. The van der Waals surface area contributed by atoms with Gasteiger partial charge in [-0.25, -0.2) is 9.59 Å². The molecule has 0 amide bonds. The van der Waals surface area contributed by atoms with Crippen LogP contribution in [0.4, 0.5) is 0 Å². The van der Waals surface area contributed by atoms with E-state index in [9.17, 15) is 19.8 Å². The molecule has 0 aliphatic carbocycles. The van der Waals surface area contributed by atoms with Crippen LogP contribution in [0.5, 0.6) is 11.5 Å². The molecule has 2 rings (SSSR count). The number of methoxy groups -OCH3 is 1. The molecule has 6 heteroatoms. The number of carbonyl (C=O) groups excluding carboxylic acids is 1. The van der Waals surface area contributed by atoms with Crippen LogP contribution in [-0.4, -0.2) is 23.3 Å². The Bertz CT molecular complexity index is 788. The van der Waals surface area contributed by atoms with Crippen molar-refractivity contribution in [3.63, 3.8) is 0 Å². The highest BCUT2D eigenvalue weighted by Gasteiger charge is 2.21. The lowest BCUT2D eigenvalue weighted by Crippen LogP contribution is -2.09. The zero-order valence-corrected chi connectivity index (χ0v) is 13.4. The van der Waals surface area contributed by atoms with Crippen molar-refractivity contribution in [3.05, 3.63) is 33.7 Å². The quantitative estimate of drug-likeness (QED) is 0.649. The Kier molecular flexibility index (Phi) is 4.93. The number of ether oxygens (including phenoxy) is 1. The summed E-state index contributed by atoms with van der Waals surface area (Å²) in [5.74, 6) is -1.07. The molecular weight excluding hydrogens is 300 g/mol. The third-order valence-corrected chi connectivity index (χ3v) is 3.72. The molecule has 2 aromatic rings. The van der Waals surface area contributed by atoms with Crippen molar-refractivity contribution >= 4 is 16.9 Å². The molecule has 0 fully saturated rings. The SMILES string of the molecule is COC(=O)c1ccc2oc(=O)c(CCCC(C)C)c(O)c2c1O. The lowest BCUT2D eigenvalue weighted by molar-refractivity contribution is 0.0598. The maximum absolute atomic E-state index is 12.0. The highest BCUT2D eigenvalue weighted by atomic mass is 16.5. The Hall–Kier alpha value is -2.50. The molecule has 0 aliphatic rings. The van der Waals surface area contributed by atoms with E-state index in [0.29, 0.717) is 18.8 Å². The summed E-state index contributed by atoms with van der Waals surface area (Å²) in [6, 6.07) is 2.63. The van der Waals surface area contributed by atoms with E-state index in [1.54, 1.807) is 0 Å². The zero-order chi connectivity index (χ0) is 17.1. The smallest absolute Gasteiger partial charge is 0.343 e. The normalized spacial score (nSPS) is 11.1. The van der Waals surface area contributed by atoms with Gasteiger partial charge in [-0.2, -0.15) is 0 Å². The van der Waals surface area contributed by atoms with E-state index in [1.807, 2.05) is 0 Å². The number of phenols is 1. The molecule has 0 unspecified atom stereocenters. The zero-order valence-electron chi connectivity index (χ0n) is 13.4. The number of fused-ring (bicyclic) bond motifs is 1. The van der Waals surface area contributed by atoms with Gasteiger partial charge in [0.05, 0.1) is 12.7 Å². The van der Waals surface area contributed by atoms with Gasteiger partial charge in [0.25, 0.3) is 0 Å². The van der Waals surface area contributed by atoms with Crippen molar-refractivity contribution in [3.8, 4) is 11.5 Å². The second kappa shape index (κ2) is 6.73. The van der Waals surface area contributed by atoms with Crippen LogP contribution < -0.4 is 5.63 Å². The molecule has 0 saturated heterocycles. The van der Waals surface area contributed by atoms with Gasteiger partial charge in [-0.3, -0.25) is 0 Å². The van der Waals surface area contributed by atoms with Gasteiger partial charge in [0.2, 0.25) is 0 Å². The molecule has 1 aromatic heterocycles. The van der Waals surface area contributed by atoms with Crippen molar-refractivity contribution in [2.75, 3.05) is 7.11 Å². The Labute approximate surface area is 133 Å². The summed E-state index contributed by atoms with van der Waals surface area (Å²) < 4.78 is 9.73. The highest BCUT2D eigenvalue weighted by molar-refractivity contribution is 6.01. The van der Waals surface area contributed by atoms with E-state index in [4.69, 9.17) is 4.42 Å². The summed E-state index contributed by atoms with van der Waals surface area (Å²) in [6.45, 7) is 4.13. The van der Waals surface area contributed by atoms with Gasteiger partial charge in [-0.15, -0.1) is 0 Å². The first-order chi connectivity index (χ1) is 10.9. The minimum absolute atomic E-state index is 0.0188. The molecule has 0 radical (unpaired) electrons. The second-order valence-corrected chi connectivity index (χ2v) is 5.83. The number of hydrogen-bond donors (Lipinski definition) is 2. The van der Waals surface area contributed by atoms with E-state index in [2.05, 4.69) is 18.6 Å². The van der Waals surface area contributed by atoms with E-state index in [-0.39, 0.29) is 27.8 Å². The van der Waals surface area contributed by atoms with Crippen LogP contribution in [0.3, 0.4) is 0 Å².